The van der Waals surface area contributed by atoms with Crippen LogP contribution in [-0.4, -0.2) is 32.5 Å². The summed E-state index contributed by atoms with van der Waals surface area (Å²) in [5.74, 6) is -0.215. The van der Waals surface area contributed by atoms with Crippen LogP contribution < -0.4 is 0 Å². The molecule has 0 radical (unpaired) electrons. The van der Waals surface area contributed by atoms with Crippen LogP contribution in [0.2, 0.25) is 0 Å². The van der Waals surface area contributed by atoms with Gasteiger partial charge in [0, 0.05) is 22.7 Å². The Kier molecular flexibility index (Phi) is 5.75. The van der Waals surface area contributed by atoms with E-state index in [0.29, 0.717) is 18.2 Å². The van der Waals surface area contributed by atoms with Gasteiger partial charge < -0.3 is 4.18 Å². The fourth-order valence-electron chi connectivity index (χ4n) is 1.31. The smallest absolute Gasteiger partial charge is 0.361 e. The van der Waals surface area contributed by atoms with Crippen LogP contribution in [0.5, 0.6) is 0 Å². The summed E-state index contributed by atoms with van der Waals surface area (Å²) in [4.78, 5) is 0. The highest BCUT2D eigenvalue weighted by Gasteiger charge is 2.36. The molecule has 0 amide bonds. The van der Waals surface area contributed by atoms with Crippen molar-refractivity contribution in [3.63, 3.8) is 0 Å². The minimum atomic E-state index is -4.65. The van der Waals surface area contributed by atoms with Crippen molar-refractivity contribution in [2.75, 3.05) is 12.0 Å². The second kappa shape index (κ2) is 6.70. The second-order valence-corrected chi connectivity index (χ2v) is 7.11. The quantitative estimate of drug-likeness (QED) is 0.574. The highest BCUT2D eigenvalue weighted by Crippen LogP contribution is 2.29. The summed E-state index contributed by atoms with van der Waals surface area (Å²) in [7, 11) is -5.17. The molecule has 0 saturated heterocycles. The van der Waals surface area contributed by atoms with Crippen molar-refractivity contribution in [1.29, 1.82) is 0 Å². The van der Waals surface area contributed by atoms with E-state index in [9.17, 15) is 21.6 Å². The molecule has 0 aromatic heterocycles. The van der Waals surface area contributed by atoms with Crippen LogP contribution in [-0.2, 0) is 25.2 Å². The number of unbranched alkanes of at least 4 members (excludes halogenated alkanes) is 2. The predicted molar refractivity (Wildman–Crippen MR) is 71.7 cm³/mol. The fourth-order valence-corrected chi connectivity index (χ4v) is 3.12. The van der Waals surface area contributed by atoms with Crippen LogP contribution in [0.3, 0.4) is 0 Å². The molecule has 0 aromatic rings. The number of halogens is 3. The van der Waals surface area contributed by atoms with Gasteiger partial charge >= 0.3 is 16.3 Å². The molecule has 0 fully saturated rings. The van der Waals surface area contributed by atoms with Gasteiger partial charge in [-0.15, -0.1) is 0 Å². The van der Waals surface area contributed by atoms with Gasteiger partial charge in [-0.1, -0.05) is 19.8 Å². The Bertz CT molecular complexity index is 551. The molecular formula is C10H15F3N2O3S2. The van der Waals surface area contributed by atoms with E-state index in [0.717, 1.165) is 19.1 Å². The van der Waals surface area contributed by atoms with Gasteiger partial charge in [-0.2, -0.15) is 26.0 Å². The third-order valence-corrected chi connectivity index (χ3v) is 4.04. The van der Waals surface area contributed by atoms with Gasteiger partial charge in [-0.3, -0.25) is 0 Å². The normalized spacial score (nSPS) is 19.9. The summed E-state index contributed by atoms with van der Waals surface area (Å²) in [6.45, 7) is 1.96. The lowest BCUT2D eigenvalue weighted by Crippen LogP contribution is -2.19. The largest absolute Gasteiger partial charge is 0.434 e. The lowest BCUT2D eigenvalue weighted by atomic mass is 10.3. The molecular weight excluding hydrogens is 317 g/mol. The van der Waals surface area contributed by atoms with E-state index in [-0.39, 0.29) is 0 Å². The minimum Gasteiger partial charge on any atom is -0.361 e. The third kappa shape index (κ3) is 6.04. The third-order valence-electron chi connectivity index (χ3n) is 2.12. The highest BCUT2D eigenvalue weighted by molar-refractivity contribution is 7.87. The topological polar surface area (TPSA) is 68.1 Å². The van der Waals surface area contributed by atoms with Crippen LogP contribution in [0.15, 0.2) is 20.5 Å². The molecule has 20 heavy (non-hydrogen) atoms. The second-order valence-electron chi connectivity index (χ2n) is 4.09. The Labute approximate surface area is 118 Å². The molecule has 0 saturated carbocycles. The molecule has 1 atom stereocenters. The summed E-state index contributed by atoms with van der Waals surface area (Å²) in [6.07, 6.45) is -0.971. The SMILES string of the molecule is CCCCCS1=NC(C(F)(F)F)=CC(OS(C)(=O)=O)=N1. The number of allylic oxidation sites excluding steroid dienone is 1. The van der Waals surface area contributed by atoms with E-state index >= 15 is 0 Å². The van der Waals surface area contributed by atoms with E-state index in [4.69, 9.17) is 0 Å². The molecule has 10 heteroatoms. The van der Waals surface area contributed by atoms with E-state index < -0.39 is 38.8 Å². The maximum Gasteiger partial charge on any atom is 0.434 e. The molecule has 1 aliphatic heterocycles. The van der Waals surface area contributed by atoms with E-state index in [1.807, 2.05) is 6.92 Å². The monoisotopic (exact) mass is 332 g/mol. The van der Waals surface area contributed by atoms with Crippen molar-refractivity contribution in [2.45, 2.75) is 32.4 Å². The summed E-state index contributed by atoms with van der Waals surface area (Å²) < 4.78 is 71.8. The van der Waals surface area contributed by atoms with E-state index in [1.165, 1.54) is 0 Å². The molecule has 1 unspecified atom stereocenters. The average Bonchev–Trinajstić information content (AvgIpc) is 2.25. The fraction of sp³-hybridized carbons (Fsp3) is 0.700. The van der Waals surface area contributed by atoms with Crippen LogP contribution in [0, 0.1) is 0 Å². The first kappa shape index (κ1) is 17.2. The lowest BCUT2D eigenvalue weighted by Gasteiger charge is -2.14. The first-order valence-corrected chi connectivity index (χ1v) is 8.94. The zero-order chi connectivity index (χ0) is 15.4. The number of alkyl halides is 3. The van der Waals surface area contributed by atoms with Crippen LogP contribution in [0.25, 0.3) is 0 Å². The number of hydrogen-bond acceptors (Lipinski definition) is 5. The number of rotatable bonds is 5. The molecule has 0 spiro atoms. The molecule has 0 aliphatic carbocycles. The molecule has 1 heterocycles. The minimum absolute atomic E-state index is 0.345. The van der Waals surface area contributed by atoms with Gasteiger partial charge in [0.25, 0.3) is 0 Å². The summed E-state index contributed by atoms with van der Waals surface area (Å²) in [5, 5.41) is 0. The van der Waals surface area contributed by atoms with Gasteiger partial charge in [0.15, 0.2) is 5.70 Å². The first-order chi connectivity index (χ1) is 9.12. The van der Waals surface area contributed by atoms with Crippen LogP contribution >= 0.6 is 0 Å². The molecule has 5 nitrogen and oxygen atoms in total. The molecule has 116 valence electrons. The van der Waals surface area contributed by atoms with Crippen LogP contribution in [0.1, 0.15) is 26.2 Å². The van der Waals surface area contributed by atoms with Crippen molar-refractivity contribution in [2.24, 2.45) is 8.76 Å². The Morgan fingerprint density at radius 3 is 2.50 bits per heavy atom. The van der Waals surface area contributed by atoms with Gasteiger partial charge in [-0.05, 0) is 6.42 Å². The van der Waals surface area contributed by atoms with Gasteiger partial charge in [0.2, 0.25) is 5.90 Å². The van der Waals surface area contributed by atoms with Crippen molar-refractivity contribution in [3.8, 4) is 0 Å². The molecule has 1 rings (SSSR count). The van der Waals surface area contributed by atoms with Crippen molar-refractivity contribution >= 4 is 26.9 Å². The maximum atomic E-state index is 12.7. The van der Waals surface area contributed by atoms with E-state index in [1.54, 1.807) is 0 Å². The molecule has 0 N–H and O–H groups in total. The first-order valence-electron chi connectivity index (χ1n) is 5.81. The summed E-state index contributed by atoms with van der Waals surface area (Å²) >= 11 is 0. The van der Waals surface area contributed by atoms with E-state index in [2.05, 4.69) is 12.9 Å². The van der Waals surface area contributed by atoms with Gasteiger partial charge in [0.05, 0.1) is 6.26 Å². The van der Waals surface area contributed by atoms with Crippen molar-refractivity contribution in [1.82, 2.24) is 0 Å². The van der Waals surface area contributed by atoms with Crippen LogP contribution in [0.4, 0.5) is 13.2 Å². The Hall–Kier alpha value is -0.900. The highest BCUT2D eigenvalue weighted by atomic mass is 32.2. The predicted octanol–water partition coefficient (Wildman–Crippen LogP) is 2.73. The Morgan fingerprint density at radius 2 is 2.00 bits per heavy atom. The Balaban J connectivity index is 2.99. The molecule has 1 aliphatic rings. The summed E-state index contributed by atoms with van der Waals surface area (Å²) in [5.41, 5.74) is -1.16. The van der Waals surface area contributed by atoms with Crippen molar-refractivity contribution in [3.05, 3.63) is 11.8 Å². The number of hydrogen-bond donors (Lipinski definition) is 0. The average molecular weight is 332 g/mol. The van der Waals surface area contributed by atoms with Gasteiger partial charge in [0.1, 0.15) is 0 Å². The zero-order valence-electron chi connectivity index (χ0n) is 11.0. The Morgan fingerprint density at radius 1 is 1.35 bits per heavy atom. The molecule has 0 bridgehead atoms. The summed E-state index contributed by atoms with van der Waals surface area (Å²) in [6, 6.07) is 0. The number of nitrogens with zero attached hydrogens (tertiary/aromatic N) is 2. The standard InChI is InChI=1S/C10H15F3N2O3S2/c1-3-4-5-6-19-14-8(10(11,12)13)7-9(15-19)18-20(2,16)17/h7H,3-6H2,1-2H3. The van der Waals surface area contributed by atoms with Crippen molar-refractivity contribution < 1.29 is 25.8 Å². The lowest BCUT2D eigenvalue weighted by molar-refractivity contribution is -0.0921. The van der Waals surface area contributed by atoms with Gasteiger partial charge in [-0.25, -0.2) is 4.36 Å². The zero-order valence-corrected chi connectivity index (χ0v) is 12.6. The molecule has 0 aromatic carbocycles. The maximum absolute atomic E-state index is 12.7.